The number of esters is 1. The summed E-state index contributed by atoms with van der Waals surface area (Å²) >= 11 is 0. The molecule has 1 atom stereocenters. The number of carbonyl (C=O) groups excluding carboxylic acids is 2. The van der Waals surface area contributed by atoms with Gasteiger partial charge in [0.2, 0.25) is 0 Å². The number of alkyl carbamates (subject to hydrolysis) is 1. The summed E-state index contributed by atoms with van der Waals surface area (Å²) in [6, 6.07) is 7.15. The van der Waals surface area contributed by atoms with Crippen molar-refractivity contribution in [2.24, 2.45) is 5.41 Å². The normalized spacial score (nSPS) is 18.1. The van der Waals surface area contributed by atoms with E-state index in [4.69, 9.17) is 14.2 Å². The standard InChI is InChI=1S/C22H33NO5/c1-20(2,3)28-19(25)23-22(5,18(24)26-6)16-9-11-17(12-10-16)27-15-21(4)13-7-8-14-21/h9-12H,7-8,13-15H2,1-6H3,(H,23,25)/t22-/m1/s1. The van der Waals surface area contributed by atoms with Crippen LogP contribution in [0.3, 0.4) is 0 Å². The maximum absolute atomic E-state index is 12.4. The van der Waals surface area contributed by atoms with E-state index in [0.717, 1.165) is 5.75 Å². The Hall–Kier alpha value is -2.24. The summed E-state index contributed by atoms with van der Waals surface area (Å²) in [5.41, 5.74) is -1.22. The molecule has 1 aromatic carbocycles. The first-order valence-corrected chi connectivity index (χ1v) is 9.80. The molecule has 1 fully saturated rings. The van der Waals surface area contributed by atoms with Crippen molar-refractivity contribution < 1.29 is 23.8 Å². The van der Waals surface area contributed by atoms with Crippen molar-refractivity contribution in [1.82, 2.24) is 5.32 Å². The van der Waals surface area contributed by atoms with Crippen molar-refractivity contribution in [3.05, 3.63) is 29.8 Å². The molecule has 1 N–H and O–H groups in total. The van der Waals surface area contributed by atoms with E-state index >= 15 is 0 Å². The molecular formula is C22H33NO5. The minimum Gasteiger partial charge on any atom is -0.493 e. The second-order valence-corrected chi connectivity index (χ2v) is 9.07. The predicted molar refractivity (Wildman–Crippen MR) is 107 cm³/mol. The Kier molecular flexibility index (Phi) is 6.63. The fourth-order valence-electron chi connectivity index (χ4n) is 3.47. The number of benzene rings is 1. The minimum absolute atomic E-state index is 0.234. The summed E-state index contributed by atoms with van der Waals surface area (Å²) in [5.74, 6) is 0.159. The quantitative estimate of drug-likeness (QED) is 0.720. The Balaban J connectivity index is 2.12. The van der Waals surface area contributed by atoms with Crippen molar-refractivity contribution in [1.29, 1.82) is 0 Å². The highest BCUT2D eigenvalue weighted by Crippen LogP contribution is 2.38. The van der Waals surface area contributed by atoms with E-state index < -0.39 is 23.2 Å². The number of methoxy groups -OCH3 is 1. The first kappa shape index (κ1) is 22.1. The van der Waals surface area contributed by atoms with Gasteiger partial charge in [-0.3, -0.25) is 0 Å². The molecule has 1 aromatic rings. The molecule has 0 bridgehead atoms. The summed E-state index contributed by atoms with van der Waals surface area (Å²) in [6.45, 7) is 9.82. The monoisotopic (exact) mass is 391 g/mol. The van der Waals surface area contributed by atoms with Crippen LogP contribution in [-0.2, 0) is 19.8 Å². The van der Waals surface area contributed by atoms with Crippen LogP contribution < -0.4 is 10.1 Å². The van der Waals surface area contributed by atoms with E-state index in [9.17, 15) is 9.59 Å². The largest absolute Gasteiger partial charge is 0.493 e. The van der Waals surface area contributed by atoms with Gasteiger partial charge in [0.15, 0.2) is 5.54 Å². The summed E-state index contributed by atoms with van der Waals surface area (Å²) in [5, 5.41) is 2.64. The van der Waals surface area contributed by atoms with E-state index in [1.807, 2.05) is 12.1 Å². The van der Waals surface area contributed by atoms with Crippen LogP contribution in [0.5, 0.6) is 5.75 Å². The highest BCUT2D eigenvalue weighted by Gasteiger charge is 2.39. The second-order valence-electron chi connectivity index (χ2n) is 9.07. The van der Waals surface area contributed by atoms with Gasteiger partial charge in [-0.2, -0.15) is 0 Å². The lowest BCUT2D eigenvalue weighted by Gasteiger charge is -2.30. The molecule has 6 heteroatoms. The van der Waals surface area contributed by atoms with Gasteiger partial charge in [0.1, 0.15) is 11.4 Å². The molecule has 1 saturated carbocycles. The molecule has 1 aliphatic rings. The van der Waals surface area contributed by atoms with Gasteiger partial charge in [-0.05, 0) is 58.2 Å². The van der Waals surface area contributed by atoms with Crippen LogP contribution in [0.2, 0.25) is 0 Å². The van der Waals surface area contributed by atoms with Gasteiger partial charge in [-0.1, -0.05) is 31.9 Å². The number of carbonyl (C=O) groups is 2. The zero-order valence-corrected chi connectivity index (χ0v) is 17.9. The summed E-state index contributed by atoms with van der Waals surface area (Å²) in [7, 11) is 1.29. The number of nitrogens with one attached hydrogen (secondary N) is 1. The zero-order chi connectivity index (χ0) is 21.0. The third-order valence-electron chi connectivity index (χ3n) is 5.17. The molecule has 0 heterocycles. The van der Waals surface area contributed by atoms with Gasteiger partial charge in [0, 0.05) is 5.41 Å². The molecule has 0 saturated heterocycles. The van der Waals surface area contributed by atoms with E-state index in [1.54, 1.807) is 39.8 Å². The van der Waals surface area contributed by atoms with Gasteiger partial charge >= 0.3 is 12.1 Å². The third-order valence-corrected chi connectivity index (χ3v) is 5.17. The number of rotatable bonds is 6. The van der Waals surface area contributed by atoms with E-state index in [1.165, 1.54) is 32.8 Å². The van der Waals surface area contributed by atoms with Crippen molar-refractivity contribution in [3.8, 4) is 5.75 Å². The highest BCUT2D eigenvalue weighted by atomic mass is 16.6. The SMILES string of the molecule is COC(=O)[C@](C)(NC(=O)OC(C)(C)C)c1ccc(OCC2(C)CCCC2)cc1. The van der Waals surface area contributed by atoms with Crippen molar-refractivity contribution >= 4 is 12.1 Å². The third kappa shape index (κ3) is 5.63. The molecule has 6 nitrogen and oxygen atoms in total. The molecule has 156 valence electrons. The molecule has 28 heavy (non-hydrogen) atoms. The first-order valence-electron chi connectivity index (χ1n) is 9.80. The number of amides is 1. The van der Waals surface area contributed by atoms with Gasteiger partial charge in [-0.25, -0.2) is 9.59 Å². The molecule has 1 aliphatic carbocycles. The maximum Gasteiger partial charge on any atom is 0.408 e. The van der Waals surface area contributed by atoms with Crippen LogP contribution in [0.15, 0.2) is 24.3 Å². The topological polar surface area (TPSA) is 73.9 Å². The lowest BCUT2D eigenvalue weighted by Crippen LogP contribution is -2.51. The van der Waals surface area contributed by atoms with E-state index in [2.05, 4.69) is 12.2 Å². The van der Waals surface area contributed by atoms with Crippen molar-refractivity contribution in [2.45, 2.75) is 71.4 Å². The number of hydrogen-bond donors (Lipinski definition) is 1. The zero-order valence-electron chi connectivity index (χ0n) is 17.9. The number of ether oxygens (including phenoxy) is 3. The first-order chi connectivity index (χ1) is 13.0. The lowest BCUT2D eigenvalue weighted by molar-refractivity contribution is -0.148. The van der Waals surface area contributed by atoms with E-state index in [0.29, 0.717) is 12.2 Å². The Morgan fingerprint density at radius 3 is 2.14 bits per heavy atom. The average molecular weight is 392 g/mol. The van der Waals surface area contributed by atoms with Gasteiger partial charge in [0.25, 0.3) is 0 Å². The van der Waals surface area contributed by atoms with Crippen LogP contribution >= 0.6 is 0 Å². The Morgan fingerprint density at radius 1 is 1.07 bits per heavy atom. The molecule has 1 amide bonds. The number of hydrogen-bond acceptors (Lipinski definition) is 5. The van der Waals surface area contributed by atoms with Crippen LogP contribution in [0.1, 0.15) is 65.9 Å². The van der Waals surface area contributed by atoms with Gasteiger partial charge in [-0.15, -0.1) is 0 Å². The highest BCUT2D eigenvalue weighted by molar-refractivity contribution is 5.86. The minimum atomic E-state index is -1.37. The molecule has 2 rings (SSSR count). The molecule has 0 aliphatic heterocycles. The summed E-state index contributed by atoms with van der Waals surface area (Å²) in [6.07, 6.45) is 4.20. The molecule has 0 aromatic heterocycles. The molecular weight excluding hydrogens is 358 g/mol. The van der Waals surface area contributed by atoms with E-state index in [-0.39, 0.29) is 5.41 Å². The maximum atomic E-state index is 12.4. The molecule has 0 radical (unpaired) electrons. The van der Waals surface area contributed by atoms with Gasteiger partial charge in [0.05, 0.1) is 13.7 Å². The smallest absolute Gasteiger partial charge is 0.408 e. The fraction of sp³-hybridized carbons (Fsp3) is 0.636. The second kappa shape index (κ2) is 8.41. The Labute approximate surface area is 167 Å². The average Bonchev–Trinajstić information content (AvgIpc) is 3.05. The molecule has 0 spiro atoms. The Morgan fingerprint density at radius 2 is 1.64 bits per heavy atom. The Bertz CT molecular complexity index is 686. The molecule has 0 unspecified atom stereocenters. The van der Waals surface area contributed by atoms with Crippen LogP contribution in [0, 0.1) is 5.41 Å². The van der Waals surface area contributed by atoms with Crippen molar-refractivity contribution in [2.75, 3.05) is 13.7 Å². The fourth-order valence-corrected chi connectivity index (χ4v) is 3.47. The van der Waals surface area contributed by atoms with Crippen molar-refractivity contribution in [3.63, 3.8) is 0 Å². The summed E-state index contributed by atoms with van der Waals surface area (Å²) < 4.78 is 16.2. The summed E-state index contributed by atoms with van der Waals surface area (Å²) in [4.78, 5) is 24.7. The van der Waals surface area contributed by atoms with Gasteiger partial charge < -0.3 is 19.5 Å². The van der Waals surface area contributed by atoms with Crippen LogP contribution in [0.4, 0.5) is 4.79 Å². The lowest BCUT2D eigenvalue weighted by atomic mass is 9.90. The van der Waals surface area contributed by atoms with Crippen LogP contribution in [-0.4, -0.2) is 31.4 Å². The predicted octanol–water partition coefficient (Wildman–Crippen LogP) is 4.56. The van der Waals surface area contributed by atoms with Crippen LogP contribution in [0.25, 0.3) is 0 Å².